The number of carbonyl (C=O) groups is 1. The Morgan fingerprint density at radius 3 is 2.89 bits per heavy atom. The lowest BCUT2D eigenvalue weighted by atomic mass is 10.2. The number of benzene rings is 1. The van der Waals surface area contributed by atoms with Crippen molar-refractivity contribution in [1.82, 2.24) is 5.32 Å². The molecule has 4 heteroatoms. The molecule has 0 bridgehead atoms. The molecule has 0 fully saturated rings. The molecule has 0 radical (unpaired) electrons. The lowest BCUT2D eigenvalue weighted by molar-refractivity contribution is -0.115. The van der Waals surface area contributed by atoms with Crippen LogP contribution in [0, 0.1) is 0 Å². The summed E-state index contributed by atoms with van der Waals surface area (Å²) >= 11 is 0. The molecule has 4 nitrogen and oxygen atoms in total. The summed E-state index contributed by atoms with van der Waals surface area (Å²) in [4.78, 5) is 11.6. The van der Waals surface area contributed by atoms with Gasteiger partial charge in [-0.3, -0.25) is 4.79 Å². The summed E-state index contributed by atoms with van der Waals surface area (Å²) in [7, 11) is 1.61. The summed E-state index contributed by atoms with van der Waals surface area (Å²) in [6.45, 7) is 3.40. The third-order valence-electron chi connectivity index (χ3n) is 2.60. The molecule has 0 atom stereocenters. The Bertz CT molecular complexity index is 367. The molecule has 0 aliphatic heterocycles. The Hall–Kier alpha value is -1.55. The van der Waals surface area contributed by atoms with E-state index in [4.69, 9.17) is 4.74 Å². The van der Waals surface area contributed by atoms with Crippen LogP contribution in [0.1, 0.15) is 26.2 Å². The number of nitrogens with one attached hydrogen (secondary N) is 2. The average molecular weight is 250 g/mol. The average Bonchev–Trinajstić information content (AvgIpc) is 2.38. The Labute approximate surface area is 109 Å². The van der Waals surface area contributed by atoms with Gasteiger partial charge in [0, 0.05) is 11.8 Å². The molecule has 0 aromatic heterocycles. The Balaban J connectivity index is 2.26. The van der Waals surface area contributed by atoms with Crippen molar-refractivity contribution in [2.24, 2.45) is 0 Å². The normalized spacial score (nSPS) is 10.1. The molecule has 100 valence electrons. The van der Waals surface area contributed by atoms with Gasteiger partial charge in [-0.25, -0.2) is 0 Å². The number of anilines is 1. The monoisotopic (exact) mass is 250 g/mol. The highest BCUT2D eigenvalue weighted by Crippen LogP contribution is 2.16. The summed E-state index contributed by atoms with van der Waals surface area (Å²) in [5.41, 5.74) is 0.759. The van der Waals surface area contributed by atoms with Crippen LogP contribution in [-0.4, -0.2) is 26.1 Å². The fourth-order valence-electron chi connectivity index (χ4n) is 1.61. The highest BCUT2D eigenvalue weighted by molar-refractivity contribution is 5.92. The second kappa shape index (κ2) is 8.53. The molecule has 1 amide bonds. The van der Waals surface area contributed by atoms with Crippen molar-refractivity contribution >= 4 is 11.6 Å². The minimum absolute atomic E-state index is 0.0280. The van der Waals surface area contributed by atoms with Gasteiger partial charge in [0.25, 0.3) is 0 Å². The van der Waals surface area contributed by atoms with E-state index in [1.54, 1.807) is 13.2 Å². The first-order valence-corrected chi connectivity index (χ1v) is 6.41. The van der Waals surface area contributed by atoms with Gasteiger partial charge in [-0.2, -0.15) is 0 Å². The largest absolute Gasteiger partial charge is 0.497 e. The summed E-state index contributed by atoms with van der Waals surface area (Å²) in [6, 6.07) is 7.34. The van der Waals surface area contributed by atoms with Crippen LogP contribution in [0.5, 0.6) is 5.75 Å². The topological polar surface area (TPSA) is 50.4 Å². The van der Waals surface area contributed by atoms with E-state index in [0.717, 1.165) is 24.4 Å². The lowest BCUT2D eigenvalue weighted by Gasteiger charge is -2.07. The first kappa shape index (κ1) is 14.5. The predicted molar refractivity (Wildman–Crippen MR) is 74.0 cm³/mol. The van der Waals surface area contributed by atoms with Gasteiger partial charge < -0.3 is 15.4 Å². The second-order valence-electron chi connectivity index (χ2n) is 4.16. The van der Waals surface area contributed by atoms with Crippen molar-refractivity contribution in [3.8, 4) is 5.75 Å². The summed E-state index contributed by atoms with van der Waals surface area (Å²) < 4.78 is 5.09. The molecule has 0 saturated heterocycles. The maximum atomic E-state index is 11.6. The molecule has 0 heterocycles. The number of ether oxygens (including phenoxy) is 1. The fraction of sp³-hybridized carbons (Fsp3) is 0.500. The zero-order chi connectivity index (χ0) is 13.2. The van der Waals surface area contributed by atoms with Crippen LogP contribution in [0.3, 0.4) is 0 Å². The molecule has 0 aliphatic carbocycles. The minimum atomic E-state index is -0.0280. The van der Waals surface area contributed by atoms with Crippen LogP contribution < -0.4 is 15.4 Å². The molecular weight excluding hydrogens is 228 g/mol. The summed E-state index contributed by atoms with van der Waals surface area (Å²) in [6.07, 6.45) is 3.51. The molecule has 0 spiro atoms. The highest BCUT2D eigenvalue weighted by Gasteiger charge is 2.02. The van der Waals surface area contributed by atoms with Gasteiger partial charge in [-0.1, -0.05) is 25.8 Å². The zero-order valence-corrected chi connectivity index (χ0v) is 11.2. The molecule has 0 unspecified atom stereocenters. The van der Waals surface area contributed by atoms with E-state index in [2.05, 4.69) is 17.6 Å². The van der Waals surface area contributed by atoms with Gasteiger partial charge in [0.1, 0.15) is 5.75 Å². The molecule has 0 saturated carbocycles. The van der Waals surface area contributed by atoms with E-state index < -0.39 is 0 Å². The maximum absolute atomic E-state index is 11.6. The highest BCUT2D eigenvalue weighted by atomic mass is 16.5. The number of methoxy groups -OCH3 is 1. The Kier molecular flexibility index (Phi) is 6.87. The zero-order valence-electron chi connectivity index (χ0n) is 11.2. The van der Waals surface area contributed by atoms with Crippen LogP contribution in [-0.2, 0) is 4.79 Å². The van der Waals surface area contributed by atoms with Crippen molar-refractivity contribution in [3.05, 3.63) is 24.3 Å². The van der Waals surface area contributed by atoms with Gasteiger partial charge in [0.2, 0.25) is 5.91 Å². The van der Waals surface area contributed by atoms with E-state index >= 15 is 0 Å². The molecule has 1 aromatic carbocycles. The molecule has 2 N–H and O–H groups in total. The van der Waals surface area contributed by atoms with Crippen molar-refractivity contribution in [2.75, 3.05) is 25.5 Å². The SMILES string of the molecule is CCCCCNCC(=O)Nc1cccc(OC)c1. The van der Waals surface area contributed by atoms with E-state index in [-0.39, 0.29) is 5.91 Å². The molecule has 1 rings (SSSR count). The molecular formula is C14H22N2O2. The number of rotatable bonds is 8. The first-order valence-electron chi connectivity index (χ1n) is 6.41. The number of unbranched alkanes of at least 4 members (excludes halogenated alkanes) is 2. The van der Waals surface area contributed by atoms with Crippen LogP contribution in [0.25, 0.3) is 0 Å². The van der Waals surface area contributed by atoms with Gasteiger partial charge in [-0.05, 0) is 25.1 Å². The quantitative estimate of drug-likeness (QED) is 0.697. The van der Waals surface area contributed by atoms with Gasteiger partial charge >= 0.3 is 0 Å². The van der Waals surface area contributed by atoms with Gasteiger partial charge in [0.05, 0.1) is 13.7 Å². The van der Waals surface area contributed by atoms with Crippen LogP contribution in [0.15, 0.2) is 24.3 Å². The summed E-state index contributed by atoms with van der Waals surface area (Å²) in [5, 5.41) is 5.95. The third-order valence-corrected chi connectivity index (χ3v) is 2.60. The predicted octanol–water partition coefficient (Wildman–Crippen LogP) is 2.41. The van der Waals surface area contributed by atoms with E-state index in [9.17, 15) is 4.79 Å². The third kappa shape index (κ3) is 5.68. The smallest absolute Gasteiger partial charge is 0.238 e. The number of hydrogen-bond donors (Lipinski definition) is 2. The Morgan fingerprint density at radius 2 is 2.17 bits per heavy atom. The number of amides is 1. The van der Waals surface area contributed by atoms with Crippen molar-refractivity contribution in [3.63, 3.8) is 0 Å². The standard InChI is InChI=1S/C14H22N2O2/c1-3-4-5-9-15-11-14(17)16-12-7-6-8-13(10-12)18-2/h6-8,10,15H,3-5,9,11H2,1-2H3,(H,16,17). The molecule has 1 aromatic rings. The lowest BCUT2D eigenvalue weighted by Crippen LogP contribution is -2.28. The number of carbonyl (C=O) groups excluding carboxylic acids is 1. The first-order chi connectivity index (χ1) is 8.76. The molecule has 0 aliphatic rings. The van der Waals surface area contributed by atoms with Gasteiger partial charge in [-0.15, -0.1) is 0 Å². The second-order valence-corrected chi connectivity index (χ2v) is 4.16. The minimum Gasteiger partial charge on any atom is -0.497 e. The Morgan fingerprint density at radius 1 is 1.33 bits per heavy atom. The van der Waals surface area contributed by atoms with Crippen LogP contribution in [0.4, 0.5) is 5.69 Å². The van der Waals surface area contributed by atoms with Crippen molar-refractivity contribution < 1.29 is 9.53 Å². The number of hydrogen-bond acceptors (Lipinski definition) is 3. The van der Waals surface area contributed by atoms with E-state index in [1.807, 2.05) is 18.2 Å². The van der Waals surface area contributed by atoms with E-state index in [1.165, 1.54) is 12.8 Å². The fourth-order valence-corrected chi connectivity index (χ4v) is 1.61. The maximum Gasteiger partial charge on any atom is 0.238 e. The summed E-state index contributed by atoms with van der Waals surface area (Å²) in [5.74, 6) is 0.712. The van der Waals surface area contributed by atoms with Crippen LogP contribution in [0.2, 0.25) is 0 Å². The van der Waals surface area contributed by atoms with E-state index in [0.29, 0.717) is 6.54 Å². The van der Waals surface area contributed by atoms with Crippen molar-refractivity contribution in [1.29, 1.82) is 0 Å². The van der Waals surface area contributed by atoms with Crippen LogP contribution >= 0.6 is 0 Å². The molecule has 18 heavy (non-hydrogen) atoms. The van der Waals surface area contributed by atoms with Crippen molar-refractivity contribution in [2.45, 2.75) is 26.2 Å². The van der Waals surface area contributed by atoms with Gasteiger partial charge in [0.15, 0.2) is 0 Å².